The fourth-order valence-corrected chi connectivity index (χ4v) is 5.09. The predicted octanol–water partition coefficient (Wildman–Crippen LogP) is 4.91. The molecule has 0 spiro atoms. The molecule has 1 aromatic carbocycles. The lowest BCUT2D eigenvalue weighted by Gasteiger charge is -2.36. The maximum absolute atomic E-state index is 3.84. The van der Waals surface area contributed by atoms with E-state index in [0.29, 0.717) is 10.7 Å². The number of hydrogen-bond donors (Lipinski definition) is 0. The lowest BCUT2D eigenvalue weighted by atomic mass is 9.86. The third-order valence-corrected chi connectivity index (χ3v) is 7.93. The van der Waals surface area contributed by atoms with Gasteiger partial charge < -0.3 is 0 Å². The van der Waals surface area contributed by atoms with Gasteiger partial charge in [0.1, 0.15) is 0 Å². The van der Waals surface area contributed by atoms with Gasteiger partial charge in [-0.25, -0.2) is 0 Å². The van der Waals surface area contributed by atoms with Crippen molar-refractivity contribution in [1.29, 1.82) is 0 Å². The van der Waals surface area contributed by atoms with Crippen LogP contribution in [0.15, 0.2) is 24.3 Å². The first-order chi connectivity index (χ1) is 7.09. The number of fused-ring (bicyclic) bond motifs is 5. The molecule has 3 heteroatoms. The molecular weight excluding hydrogens is 384 g/mol. The van der Waals surface area contributed by atoms with Crippen molar-refractivity contribution in [2.45, 2.75) is 32.7 Å². The highest BCUT2D eigenvalue weighted by atomic mass is 79.9. The summed E-state index contributed by atoms with van der Waals surface area (Å²) in [5, 5.41) is 0. The van der Waals surface area contributed by atoms with Crippen LogP contribution in [0.5, 0.6) is 0 Å². The minimum Gasteiger partial charge on any atom is -0.0859 e. The number of rotatable bonds is 0. The monoisotopic (exact) mass is 392 g/mol. The first-order valence-corrected chi connectivity index (χ1v) is 7.70. The molecule has 0 N–H and O–H groups in total. The molecule has 1 fully saturated rings. The van der Waals surface area contributed by atoms with Gasteiger partial charge in [-0.15, -0.1) is 0 Å². The Hall–Kier alpha value is 0.660. The summed E-state index contributed by atoms with van der Waals surface area (Å²) < 4.78 is 0.0621. The van der Waals surface area contributed by atoms with Crippen LogP contribution in [0.1, 0.15) is 35.8 Å². The highest BCUT2D eigenvalue weighted by Crippen LogP contribution is 2.60. The van der Waals surface area contributed by atoms with E-state index in [2.05, 4.69) is 72.1 Å². The minimum absolute atomic E-state index is 0.0621. The van der Waals surface area contributed by atoms with Crippen molar-refractivity contribution in [2.24, 2.45) is 0 Å². The van der Waals surface area contributed by atoms with E-state index in [1.165, 1.54) is 6.42 Å². The van der Waals surface area contributed by atoms with E-state index in [1.807, 2.05) is 0 Å². The van der Waals surface area contributed by atoms with Crippen LogP contribution >= 0.6 is 47.8 Å². The quantitative estimate of drug-likeness (QED) is 0.548. The van der Waals surface area contributed by atoms with Crippen molar-refractivity contribution in [3.8, 4) is 0 Å². The minimum atomic E-state index is 0.0621. The second kappa shape index (κ2) is 3.58. The van der Waals surface area contributed by atoms with Crippen molar-refractivity contribution in [1.82, 2.24) is 0 Å². The highest BCUT2D eigenvalue weighted by molar-refractivity contribution is 9.26. The van der Waals surface area contributed by atoms with E-state index in [-0.39, 0.29) is 3.23 Å². The molecule has 3 atom stereocenters. The summed E-state index contributed by atoms with van der Waals surface area (Å²) in [5.74, 6) is 1.37. The van der Waals surface area contributed by atoms with E-state index in [1.54, 1.807) is 11.1 Å². The summed E-state index contributed by atoms with van der Waals surface area (Å²) in [6.07, 6.45) is 2.46. The Kier molecular flexibility index (Phi) is 2.57. The maximum atomic E-state index is 3.84. The van der Waals surface area contributed by atoms with Crippen molar-refractivity contribution in [2.75, 3.05) is 0 Å². The molecule has 0 aliphatic heterocycles. The van der Waals surface area contributed by atoms with Crippen LogP contribution in [0.4, 0.5) is 0 Å². The van der Waals surface area contributed by atoms with Gasteiger partial charge in [-0.05, 0) is 35.8 Å². The summed E-state index contributed by atoms with van der Waals surface area (Å²) in [6.45, 7) is 0. The number of hydrogen-bond acceptors (Lipinski definition) is 0. The second-order valence-electron chi connectivity index (χ2n) is 4.53. The molecule has 1 saturated carbocycles. The van der Waals surface area contributed by atoms with Crippen LogP contribution < -0.4 is 0 Å². The lowest BCUT2D eigenvalue weighted by molar-refractivity contribution is 0.450. The molecule has 0 nitrogen and oxygen atoms in total. The van der Waals surface area contributed by atoms with Crippen molar-refractivity contribution in [3.05, 3.63) is 35.4 Å². The summed E-state index contributed by atoms with van der Waals surface area (Å²) in [6, 6.07) is 8.90. The van der Waals surface area contributed by atoms with Gasteiger partial charge in [0.05, 0.1) is 3.23 Å². The second-order valence-corrected chi connectivity index (χ2v) is 9.42. The van der Waals surface area contributed by atoms with E-state index in [9.17, 15) is 0 Å². The Labute approximate surface area is 115 Å². The normalized spacial score (nSPS) is 36.3. The SMILES string of the molecule is Br[C@H]1[C@H]2C[C@@H](CC1(Br)Br)c1ccccc12. The molecular formula is C12H11Br3. The van der Waals surface area contributed by atoms with Crippen molar-refractivity contribution >= 4 is 47.8 Å². The van der Waals surface area contributed by atoms with Crippen LogP contribution in [0.3, 0.4) is 0 Å². The molecule has 0 unspecified atom stereocenters. The number of benzene rings is 1. The van der Waals surface area contributed by atoms with E-state index >= 15 is 0 Å². The Balaban J connectivity index is 2.11. The van der Waals surface area contributed by atoms with Gasteiger partial charge >= 0.3 is 0 Å². The predicted molar refractivity (Wildman–Crippen MR) is 74.5 cm³/mol. The van der Waals surface area contributed by atoms with Gasteiger partial charge in [-0.2, -0.15) is 0 Å². The van der Waals surface area contributed by atoms with Crippen LogP contribution in [-0.4, -0.2) is 8.06 Å². The highest BCUT2D eigenvalue weighted by Gasteiger charge is 2.50. The fourth-order valence-electron chi connectivity index (χ4n) is 2.99. The van der Waals surface area contributed by atoms with E-state index < -0.39 is 0 Å². The summed E-state index contributed by atoms with van der Waals surface area (Å²) in [4.78, 5) is 0.477. The van der Waals surface area contributed by atoms with Gasteiger partial charge in [-0.3, -0.25) is 0 Å². The zero-order valence-electron chi connectivity index (χ0n) is 8.09. The van der Waals surface area contributed by atoms with Gasteiger partial charge in [0.15, 0.2) is 0 Å². The molecule has 2 bridgehead atoms. The Morgan fingerprint density at radius 1 is 1.13 bits per heavy atom. The van der Waals surface area contributed by atoms with Crippen LogP contribution in [0, 0.1) is 0 Å². The maximum Gasteiger partial charge on any atom is 0.0941 e. The average Bonchev–Trinajstić information content (AvgIpc) is 2.52. The van der Waals surface area contributed by atoms with Gasteiger partial charge in [0.25, 0.3) is 0 Å². The molecule has 0 amide bonds. The zero-order chi connectivity index (χ0) is 10.6. The van der Waals surface area contributed by atoms with Crippen molar-refractivity contribution < 1.29 is 0 Å². The molecule has 0 heterocycles. The van der Waals surface area contributed by atoms with Crippen molar-refractivity contribution in [3.63, 3.8) is 0 Å². The molecule has 2 aliphatic carbocycles. The van der Waals surface area contributed by atoms with E-state index in [0.717, 1.165) is 12.3 Å². The van der Waals surface area contributed by atoms with E-state index in [4.69, 9.17) is 0 Å². The molecule has 2 aliphatic rings. The molecule has 15 heavy (non-hydrogen) atoms. The first-order valence-electron chi connectivity index (χ1n) is 5.20. The third kappa shape index (κ3) is 1.57. The molecule has 80 valence electrons. The topological polar surface area (TPSA) is 0 Å². The molecule has 0 radical (unpaired) electrons. The first kappa shape index (κ1) is 10.8. The summed E-state index contributed by atoms with van der Waals surface area (Å²) in [5.41, 5.74) is 3.11. The summed E-state index contributed by atoms with van der Waals surface area (Å²) in [7, 11) is 0. The largest absolute Gasteiger partial charge is 0.0941 e. The molecule has 3 rings (SSSR count). The fraction of sp³-hybridized carbons (Fsp3) is 0.500. The Bertz CT molecular complexity index is 400. The number of alkyl halides is 3. The Morgan fingerprint density at radius 3 is 2.53 bits per heavy atom. The Morgan fingerprint density at radius 2 is 1.80 bits per heavy atom. The molecule has 0 aromatic heterocycles. The third-order valence-electron chi connectivity index (χ3n) is 3.65. The molecule has 0 saturated heterocycles. The lowest BCUT2D eigenvalue weighted by Crippen LogP contribution is -2.34. The van der Waals surface area contributed by atoms with Gasteiger partial charge in [-0.1, -0.05) is 72.1 Å². The van der Waals surface area contributed by atoms with Crippen LogP contribution in [-0.2, 0) is 0 Å². The van der Waals surface area contributed by atoms with Gasteiger partial charge in [0.2, 0.25) is 0 Å². The zero-order valence-corrected chi connectivity index (χ0v) is 12.8. The standard InChI is InChI=1S/C12H11Br3/c13-11-10-5-7(6-12(11,14)15)8-3-1-2-4-9(8)10/h1-4,7,10-11H,5-6H2/t7-,10-,11-/m0/s1. The number of halogens is 3. The molecule has 1 aromatic rings. The smallest absolute Gasteiger partial charge is 0.0859 e. The van der Waals surface area contributed by atoms with Gasteiger partial charge in [0, 0.05) is 4.83 Å². The van der Waals surface area contributed by atoms with Crippen LogP contribution in [0.2, 0.25) is 0 Å². The summed E-state index contributed by atoms with van der Waals surface area (Å²) >= 11 is 11.5. The average molecular weight is 395 g/mol. The van der Waals surface area contributed by atoms with Crippen LogP contribution in [0.25, 0.3) is 0 Å².